The first kappa shape index (κ1) is 53.4. The molecule has 6 amide bonds. The number of fused-ring (bicyclic) bond motifs is 1. The number of urea groups is 1. The van der Waals surface area contributed by atoms with Gasteiger partial charge in [-0.1, -0.05) is 72.0 Å². The lowest BCUT2D eigenvalue weighted by molar-refractivity contribution is -0.154. The lowest BCUT2D eigenvalue weighted by atomic mass is 10.0. The second-order valence-corrected chi connectivity index (χ2v) is 19.5. The predicted molar refractivity (Wildman–Crippen MR) is 258 cm³/mol. The van der Waals surface area contributed by atoms with E-state index < -0.39 is 65.7 Å². The smallest absolute Gasteiger partial charge is 0.429 e. The highest BCUT2D eigenvalue weighted by molar-refractivity contribution is 7.22. The summed E-state index contributed by atoms with van der Waals surface area (Å²) in [6, 6.07) is 19.9. The maximum absolute atomic E-state index is 15.2. The van der Waals surface area contributed by atoms with Crippen LogP contribution in [0.5, 0.6) is 5.75 Å². The third kappa shape index (κ3) is 17.8. The fourth-order valence-corrected chi connectivity index (χ4v) is 7.40. The van der Waals surface area contributed by atoms with Gasteiger partial charge in [-0.15, -0.1) is 6.58 Å². The summed E-state index contributed by atoms with van der Waals surface area (Å²) in [6.45, 7) is 21.1. The van der Waals surface area contributed by atoms with Gasteiger partial charge in [0.1, 0.15) is 35.1 Å². The second kappa shape index (κ2) is 24.0. The summed E-state index contributed by atoms with van der Waals surface area (Å²) in [4.78, 5) is 76.2. The number of para-hydroxylation sites is 1. The fraction of sp³-hybridized carbons (Fsp3) is 0.469. The van der Waals surface area contributed by atoms with Crippen molar-refractivity contribution in [3.8, 4) is 5.75 Å². The number of amides is 6. The zero-order valence-corrected chi connectivity index (χ0v) is 41.4. The Bertz CT molecular complexity index is 2290. The molecular formula is C49H67N7O10S. The van der Waals surface area contributed by atoms with Crippen molar-refractivity contribution < 1.29 is 47.7 Å². The number of nitrogens with one attached hydrogen (secondary N) is 3. The number of aromatic nitrogens is 1. The first-order chi connectivity index (χ1) is 31.5. The Morgan fingerprint density at radius 2 is 1.49 bits per heavy atom. The molecule has 0 saturated heterocycles. The van der Waals surface area contributed by atoms with Crippen LogP contribution in [0.1, 0.15) is 85.9 Å². The van der Waals surface area contributed by atoms with Crippen molar-refractivity contribution in [2.45, 2.75) is 118 Å². The molecule has 17 nitrogen and oxygen atoms in total. The van der Waals surface area contributed by atoms with E-state index in [4.69, 9.17) is 28.7 Å². The maximum Gasteiger partial charge on any atom is 0.429 e. The number of rotatable bonds is 19. The number of thiazole rings is 1. The van der Waals surface area contributed by atoms with Gasteiger partial charge in [0.25, 0.3) is 0 Å². The summed E-state index contributed by atoms with van der Waals surface area (Å²) in [5, 5.41) is 10.6. The highest BCUT2D eigenvalue weighted by Gasteiger charge is 2.35. The first-order valence-corrected chi connectivity index (χ1v) is 22.9. The molecule has 0 fully saturated rings. The average molecular weight is 946 g/mol. The van der Waals surface area contributed by atoms with Gasteiger partial charge in [0.05, 0.1) is 23.3 Å². The topological polar surface area (TPSA) is 190 Å². The molecule has 4 rings (SSSR count). The fourth-order valence-electron chi connectivity index (χ4n) is 6.50. The second-order valence-electron chi connectivity index (χ2n) is 18.5. The molecule has 3 aromatic carbocycles. The number of nitrogens with zero attached hydrogens (tertiary/aromatic N) is 4. The molecule has 4 aromatic rings. The van der Waals surface area contributed by atoms with Crippen LogP contribution in [-0.2, 0) is 48.0 Å². The molecule has 3 N–H and O–H groups in total. The Labute approximate surface area is 398 Å². The third-order valence-electron chi connectivity index (χ3n) is 9.20. The number of carbonyl (C=O) groups is 5. The highest BCUT2D eigenvalue weighted by Crippen LogP contribution is 2.30. The van der Waals surface area contributed by atoms with Crippen molar-refractivity contribution >= 4 is 56.7 Å². The highest BCUT2D eigenvalue weighted by atomic mass is 32.1. The molecule has 0 aliphatic heterocycles. The van der Waals surface area contributed by atoms with E-state index in [1.54, 1.807) is 72.7 Å². The number of anilines is 1. The van der Waals surface area contributed by atoms with Crippen LogP contribution in [-0.4, -0.2) is 112 Å². The van der Waals surface area contributed by atoms with Gasteiger partial charge in [0.2, 0.25) is 11.8 Å². The van der Waals surface area contributed by atoms with E-state index in [9.17, 15) is 19.2 Å². The van der Waals surface area contributed by atoms with Gasteiger partial charge < -0.3 is 39.2 Å². The number of hydrogen-bond donors (Lipinski definition) is 3. The van der Waals surface area contributed by atoms with Gasteiger partial charge in [0.15, 0.2) is 11.4 Å². The molecule has 0 saturated carbocycles. The van der Waals surface area contributed by atoms with E-state index in [0.717, 1.165) is 20.3 Å². The molecule has 1 unspecified atom stereocenters. The standard InChI is InChI=1S/C49H67N7O10S/c1-13-27-55(44(59)50-29-34-19-16-15-17-20-34)56(46(61)66-49(9,10)11)31-39(57)51-37(28-33-23-25-36(26-24-33)64-47(3,4)5)42(58)54(32-40(62-12)63-14-2)30-35-21-18-22-38-41(35)52-43(67-38)53-45(60)65-48(6,7)8/h13,15-26,37,40H,1,14,27-32H2,2-12H3,(H,50,59)(H,51,57)(H,52,53,60)/t37-,40?/m0/s1. The van der Waals surface area contributed by atoms with Crippen LogP contribution in [0.3, 0.4) is 0 Å². The lowest BCUT2D eigenvalue weighted by Gasteiger charge is -2.35. The van der Waals surface area contributed by atoms with Gasteiger partial charge >= 0.3 is 18.2 Å². The van der Waals surface area contributed by atoms with Gasteiger partial charge in [0, 0.05) is 33.2 Å². The summed E-state index contributed by atoms with van der Waals surface area (Å²) in [6.07, 6.45) is -1.07. The molecule has 0 aliphatic rings. The largest absolute Gasteiger partial charge is 0.488 e. The average Bonchev–Trinajstić information content (AvgIpc) is 3.65. The first-order valence-electron chi connectivity index (χ1n) is 22.1. The van der Waals surface area contributed by atoms with Crippen LogP contribution < -0.4 is 20.7 Å². The number of ether oxygens (including phenoxy) is 5. The number of hydrazine groups is 1. The van der Waals surface area contributed by atoms with E-state index in [1.807, 2.05) is 69.3 Å². The van der Waals surface area contributed by atoms with Crippen LogP contribution in [0, 0.1) is 0 Å². The molecule has 2 atom stereocenters. The lowest BCUT2D eigenvalue weighted by Crippen LogP contribution is -2.58. The molecule has 364 valence electrons. The summed E-state index contributed by atoms with van der Waals surface area (Å²) in [7, 11) is 1.47. The van der Waals surface area contributed by atoms with E-state index in [1.165, 1.54) is 29.4 Å². The number of methoxy groups -OCH3 is 1. The van der Waals surface area contributed by atoms with Crippen LogP contribution in [0.2, 0.25) is 0 Å². The molecule has 1 aromatic heterocycles. The van der Waals surface area contributed by atoms with Gasteiger partial charge in [-0.25, -0.2) is 29.4 Å². The Balaban J connectivity index is 1.74. The minimum Gasteiger partial charge on any atom is -0.488 e. The Morgan fingerprint density at radius 1 is 0.821 bits per heavy atom. The summed E-state index contributed by atoms with van der Waals surface area (Å²) >= 11 is 1.25. The summed E-state index contributed by atoms with van der Waals surface area (Å²) in [5.74, 6) is -0.673. The predicted octanol–water partition coefficient (Wildman–Crippen LogP) is 8.44. The zero-order chi connectivity index (χ0) is 49.5. The molecular weight excluding hydrogens is 879 g/mol. The Kier molecular flexibility index (Phi) is 19.1. The van der Waals surface area contributed by atoms with Crippen LogP contribution >= 0.6 is 11.3 Å². The van der Waals surface area contributed by atoms with E-state index in [2.05, 4.69) is 22.5 Å². The molecule has 0 spiro atoms. The molecule has 18 heteroatoms. The van der Waals surface area contributed by atoms with Crippen molar-refractivity contribution in [1.82, 2.24) is 30.5 Å². The van der Waals surface area contributed by atoms with Crippen LogP contribution in [0.4, 0.5) is 19.5 Å². The quantitative estimate of drug-likeness (QED) is 0.0465. The van der Waals surface area contributed by atoms with Crippen molar-refractivity contribution in [3.63, 3.8) is 0 Å². The Hall–Kier alpha value is -6.24. The molecule has 1 heterocycles. The van der Waals surface area contributed by atoms with E-state index >= 15 is 4.79 Å². The molecule has 0 aliphatic carbocycles. The van der Waals surface area contributed by atoms with Crippen molar-refractivity contribution in [2.24, 2.45) is 0 Å². The number of benzene rings is 3. The number of hydrogen-bond acceptors (Lipinski definition) is 12. The van der Waals surface area contributed by atoms with Crippen LogP contribution in [0.15, 0.2) is 85.5 Å². The maximum atomic E-state index is 15.2. The third-order valence-corrected chi connectivity index (χ3v) is 10.1. The molecule has 0 bridgehead atoms. The summed E-state index contributed by atoms with van der Waals surface area (Å²) < 4.78 is 29.4. The minimum absolute atomic E-state index is 0.00832. The van der Waals surface area contributed by atoms with Crippen LogP contribution in [0.25, 0.3) is 10.2 Å². The Morgan fingerprint density at radius 3 is 2.09 bits per heavy atom. The van der Waals surface area contributed by atoms with E-state index in [-0.39, 0.29) is 39.2 Å². The van der Waals surface area contributed by atoms with Gasteiger partial charge in [-0.05, 0) is 104 Å². The minimum atomic E-state index is -1.24. The van der Waals surface area contributed by atoms with Crippen molar-refractivity contribution in [3.05, 3.63) is 102 Å². The monoisotopic (exact) mass is 945 g/mol. The zero-order valence-electron chi connectivity index (χ0n) is 40.6. The number of carbonyl (C=O) groups excluding carboxylic acids is 5. The van der Waals surface area contributed by atoms with Gasteiger partial charge in [-0.2, -0.15) is 0 Å². The van der Waals surface area contributed by atoms with Gasteiger partial charge in [-0.3, -0.25) is 14.9 Å². The SMILES string of the molecule is C=CCN(C(=O)NCc1ccccc1)N(CC(=O)N[C@@H](Cc1ccc(OC(C)(C)C)cc1)C(=O)N(Cc1cccc2sc(NC(=O)OC(C)(C)C)nc12)CC(OC)OCC)C(=O)OC(C)(C)C. The molecule has 67 heavy (non-hydrogen) atoms. The molecule has 0 radical (unpaired) electrons. The summed E-state index contributed by atoms with van der Waals surface area (Å²) in [5.41, 5.74) is 0.482. The van der Waals surface area contributed by atoms with Crippen molar-refractivity contribution in [2.75, 3.05) is 38.7 Å². The van der Waals surface area contributed by atoms with E-state index in [0.29, 0.717) is 27.5 Å². The normalized spacial score (nSPS) is 12.6. The van der Waals surface area contributed by atoms with Crippen molar-refractivity contribution in [1.29, 1.82) is 0 Å².